The van der Waals surface area contributed by atoms with Gasteiger partial charge in [0.15, 0.2) is 0 Å². The molecule has 3 aromatic rings. The molecule has 34 heavy (non-hydrogen) atoms. The summed E-state index contributed by atoms with van der Waals surface area (Å²) in [5, 5.41) is 5.37. The van der Waals surface area contributed by atoms with E-state index >= 15 is 0 Å². The van der Waals surface area contributed by atoms with Crippen molar-refractivity contribution in [2.24, 2.45) is 0 Å². The Kier molecular flexibility index (Phi) is 8.31. The van der Waals surface area contributed by atoms with Crippen LogP contribution in [0.3, 0.4) is 0 Å². The highest BCUT2D eigenvalue weighted by molar-refractivity contribution is 7.92. The number of carbonyl (C=O) groups is 2. The summed E-state index contributed by atoms with van der Waals surface area (Å²) in [5.41, 5.74) is 1.66. The zero-order valence-corrected chi connectivity index (χ0v) is 18.9. The maximum atomic E-state index is 13.0. The normalized spacial score (nSPS) is 11.0. The molecule has 0 aromatic heterocycles. The lowest BCUT2D eigenvalue weighted by Crippen LogP contribution is -2.35. The molecule has 178 valence electrons. The van der Waals surface area contributed by atoms with Crippen LogP contribution in [-0.2, 0) is 32.5 Å². The number of amides is 2. The van der Waals surface area contributed by atoms with Crippen molar-refractivity contribution in [3.05, 3.63) is 95.6 Å². The van der Waals surface area contributed by atoms with Gasteiger partial charge in [-0.1, -0.05) is 24.3 Å². The van der Waals surface area contributed by atoms with Gasteiger partial charge in [-0.3, -0.25) is 14.3 Å². The number of hydrogen-bond donors (Lipinski definition) is 3. The van der Waals surface area contributed by atoms with Gasteiger partial charge in [0.2, 0.25) is 11.8 Å². The molecule has 0 saturated heterocycles. The lowest BCUT2D eigenvalue weighted by molar-refractivity contribution is -0.122. The van der Waals surface area contributed by atoms with Crippen LogP contribution in [0.4, 0.5) is 14.5 Å². The SMILES string of the molecule is O=C(Cc1ccc(F)cc1)NCCNC(=O)Cc1ccc(NS(=O)(=O)c2ccc(F)cc2)cc1. The fourth-order valence-electron chi connectivity index (χ4n) is 3.02. The Morgan fingerprint density at radius 2 is 1.06 bits per heavy atom. The summed E-state index contributed by atoms with van der Waals surface area (Å²) < 4.78 is 53.0. The zero-order chi connectivity index (χ0) is 24.6. The summed E-state index contributed by atoms with van der Waals surface area (Å²) >= 11 is 0. The Labute approximate surface area is 196 Å². The van der Waals surface area contributed by atoms with Gasteiger partial charge in [-0.25, -0.2) is 17.2 Å². The van der Waals surface area contributed by atoms with Crippen LogP contribution in [0.2, 0.25) is 0 Å². The molecular weight excluding hydrogens is 464 g/mol. The van der Waals surface area contributed by atoms with Crippen LogP contribution in [0.15, 0.2) is 77.7 Å². The Morgan fingerprint density at radius 1 is 0.647 bits per heavy atom. The summed E-state index contributed by atoms with van der Waals surface area (Å²) in [6.45, 7) is 0.486. The second-order valence-corrected chi connectivity index (χ2v) is 9.12. The second kappa shape index (κ2) is 11.4. The van der Waals surface area contributed by atoms with Crippen LogP contribution >= 0.6 is 0 Å². The number of nitrogens with one attached hydrogen (secondary N) is 3. The number of sulfonamides is 1. The van der Waals surface area contributed by atoms with Crippen LogP contribution in [0.1, 0.15) is 11.1 Å². The smallest absolute Gasteiger partial charge is 0.261 e. The number of anilines is 1. The number of hydrogen-bond acceptors (Lipinski definition) is 4. The third kappa shape index (κ3) is 7.66. The van der Waals surface area contributed by atoms with Crippen molar-refractivity contribution in [2.45, 2.75) is 17.7 Å². The molecule has 0 aliphatic rings. The molecule has 0 aliphatic heterocycles. The van der Waals surface area contributed by atoms with E-state index in [0.29, 0.717) is 16.8 Å². The number of benzene rings is 3. The van der Waals surface area contributed by atoms with Crippen molar-refractivity contribution < 1.29 is 26.8 Å². The van der Waals surface area contributed by atoms with Gasteiger partial charge in [0, 0.05) is 18.8 Å². The summed E-state index contributed by atoms with van der Waals surface area (Å²) in [4.78, 5) is 23.9. The Hall–Kier alpha value is -3.79. The largest absolute Gasteiger partial charge is 0.354 e. The minimum atomic E-state index is -3.86. The first-order valence-electron chi connectivity index (χ1n) is 10.4. The Bertz CT molecular complexity index is 1230. The standard InChI is InChI=1S/C24H23F2N3O4S/c25-19-5-1-17(2-6-19)15-23(30)27-13-14-28-24(31)16-18-3-9-21(10-4-18)29-34(32,33)22-11-7-20(26)8-12-22/h1-12,29H,13-16H2,(H,27,30)(H,28,31). The molecule has 2 amide bonds. The van der Waals surface area contributed by atoms with Crippen LogP contribution in [0.5, 0.6) is 0 Å². The monoisotopic (exact) mass is 487 g/mol. The van der Waals surface area contributed by atoms with Gasteiger partial charge in [0.25, 0.3) is 10.0 Å². The van der Waals surface area contributed by atoms with E-state index in [2.05, 4.69) is 15.4 Å². The first kappa shape index (κ1) is 24.8. The first-order valence-corrected chi connectivity index (χ1v) is 11.8. The van der Waals surface area contributed by atoms with E-state index in [0.717, 1.165) is 12.1 Å². The molecule has 3 N–H and O–H groups in total. The van der Waals surface area contributed by atoms with Crippen molar-refractivity contribution in [1.82, 2.24) is 10.6 Å². The predicted molar refractivity (Wildman–Crippen MR) is 123 cm³/mol. The van der Waals surface area contributed by atoms with E-state index in [9.17, 15) is 26.8 Å². The van der Waals surface area contributed by atoms with Gasteiger partial charge >= 0.3 is 0 Å². The van der Waals surface area contributed by atoms with Gasteiger partial charge in [0.1, 0.15) is 11.6 Å². The summed E-state index contributed by atoms with van der Waals surface area (Å²) in [6, 6.07) is 16.4. The summed E-state index contributed by atoms with van der Waals surface area (Å²) in [7, 11) is -3.86. The number of carbonyl (C=O) groups excluding carboxylic acids is 2. The molecule has 10 heteroatoms. The van der Waals surface area contributed by atoms with Gasteiger partial charge < -0.3 is 10.6 Å². The molecule has 0 fully saturated rings. The van der Waals surface area contributed by atoms with Gasteiger partial charge in [-0.15, -0.1) is 0 Å². The molecule has 0 atom stereocenters. The van der Waals surface area contributed by atoms with E-state index in [1.807, 2.05) is 0 Å². The molecular formula is C24H23F2N3O4S. The molecule has 3 rings (SSSR count). The average Bonchev–Trinajstić information content (AvgIpc) is 2.80. The quantitative estimate of drug-likeness (QED) is 0.383. The van der Waals surface area contributed by atoms with Crippen molar-refractivity contribution in [1.29, 1.82) is 0 Å². The second-order valence-electron chi connectivity index (χ2n) is 7.44. The van der Waals surface area contributed by atoms with Gasteiger partial charge in [-0.2, -0.15) is 0 Å². The Morgan fingerprint density at radius 3 is 1.53 bits per heavy atom. The number of halogens is 2. The van der Waals surface area contributed by atoms with Crippen molar-refractivity contribution in [3.63, 3.8) is 0 Å². The molecule has 7 nitrogen and oxygen atoms in total. The van der Waals surface area contributed by atoms with Crippen molar-refractivity contribution in [2.75, 3.05) is 17.8 Å². The summed E-state index contributed by atoms with van der Waals surface area (Å²) in [5.74, 6) is -1.39. The molecule has 0 unspecified atom stereocenters. The molecule has 0 spiro atoms. The van der Waals surface area contributed by atoms with Crippen molar-refractivity contribution in [3.8, 4) is 0 Å². The highest BCUT2D eigenvalue weighted by Gasteiger charge is 2.14. The highest BCUT2D eigenvalue weighted by Crippen LogP contribution is 2.17. The maximum Gasteiger partial charge on any atom is 0.261 e. The molecule has 0 saturated carbocycles. The molecule has 0 heterocycles. The van der Waals surface area contributed by atoms with E-state index in [1.165, 1.54) is 48.5 Å². The van der Waals surface area contributed by atoms with E-state index in [-0.39, 0.29) is 48.5 Å². The van der Waals surface area contributed by atoms with Crippen LogP contribution in [0, 0.1) is 11.6 Å². The lowest BCUT2D eigenvalue weighted by Gasteiger charge is -2.10. The fraction of sp³-hybridized carbons (Fsp3) is 0.167. The van der Waals surface area contributed by atoms with Crippen LogP contribution < -0.4 is 15.4 Å². The topological polar surface area (TPSA) is 104 Å². The zero-order valence-electron chi connectivity index (χ0n) is 18.1. The Balaban J connectivity index is 1.40. The molecule has 0 radical (unpaired) electrons. The van der Waals surface area contributed by atoms with Crippen LogP contribution in [0.25, 0.3) is 0 Å². The lowest BCUT2D eigenvalue weighted by atomic mass is 10.1. The third-order valence-electron chi connectivity index (χ3n) is 4.74. The number of rotatable bonds is 10. The highest BCUT2D eigenvalue weighted by atomic mass is 32.2. The van der Waals surface area contributed by atoms with Crippen LogP contribution in [-0.4, -0.2) is 33.3 Å². The first-order chi connectivity index (χ1) is 16.2. The van der Waals surface area contributed by atoms with E-state index < -0.39 is 15.8 Å². The molecule has 0 aliphatic carbocycles. The summed E-state index contributed by atoms with van der Waals surface area (Å²) in [6.07, 6.45) is 0.194. The van der Waals surface area contributed by atoms with Crippen molar-refractivity contribution >= 4 is 27.5 Å². The minimum Gasteiger partial charge on any atom is -0.354 e. The fourth-order valence-corrected chi connectivity index (χ4v) is 4.08. The maximum absolute atomic E-state index is 13.0. The third-order valence-corrected chi connectivity index (χ3v) is 6.14. The van der Waals surface area contributed by atoms with Gasteiger partial charge in [0.05, 0.1) is 17.7 Å². The van der Waals surface area contributed by atoms with E-state index in [4.69, 9.17) is 0 Å². The van der Waals surface area contributed by atoms with Gasteiger partial charge in [-0.05, 0) is 59.7 Å². The molecule has 3 aromatic carbocycles. The van der Waals surface area contributed by atoms with E-state index in [1.54, 1.807) is 12.1 Å². The predicted octanol–water partition coefficient (Wildman–Crippen LogP) is 2.78. The average molecular weight is 488 g/mol. The molecule has 0 bridgehead atoms. The minimum absolute atomic E-state index is 0.0675.